The Morgan fingerprint density at radius 2 is 1.84 bits per heavy atom. The highest BCUT2D eigenvalue weighted by Crippen LogP contribution is 2.33. The molecule has 0 saturated carbocycles. The van der Waals surface area contributed by atoms with E-state index in [1.54, 1.807) is 25.1 Å². The second-order valence-electron chi connectivity index (χ2n) is 7.23. The molecule has 1 atom stereocenters. The molecule has 3 aromatic rings. The van der Waals surface area contributed by atoms with Crippen LogP contribution in [0, 0.1) is 0 Å². The molecule has 0 unspecified atom stereocenters. The third-order valence-corrected chi connectivity index (χ3v) is 6.59. The number of nitrogens with zero attached hydrogens (tertiary/aromatic N) is 1. The van der Waals surface area contributed by atoms with Crippen molar-refractivity contribution in [3.63, 3.8) is 0 Å². The van der Waals surface area contributed by atoms with Gasteiger partial charge in [-0.2, -0.15) is 0 Å². The Labute approximate surface area is 205 Å². The lowest BCUT2D eigenvalue weighted by Crippen LogP contribution is -2.49. The van der Waals surface area contributed by atoms with Gasteiger partial charge in [0, 0.05) is 13.1 Å². The molecule has 0 aliphatic rings. The average Bonchev–Trinajstić information content (AvgIpc) is 2.79. The minimum absolute atomic E-state index is 0.191. The number of fused-ring (bicyclic) bond motifs is 1. The van der Waals surface area contributed by atoms with Crippen molar-refractivity contribution in [2.24, 2.45) is 0 Å². The average molecular weight is 538 g/mol. The van der Waals surface area contributed by atoms with E-state index in [1.165, 1.54) is 4.90 Å². The van der Waals surface area contributed by atoms with E-state index >= 15 is 0 Å². The standard InChI is InChI=1S/C24H23BrCl2N2O3/c1-3-28-24(31)15(2)29(13-16-8-10-19(26)20(27)12-16)22(30)14-32-21-11-9-17-6-4-5-7-18(17)23(21)25/h4-12,15H,3,13-14H2,1-2H3,(H,28,31)/t15-/m0/s1. The van der Waals surface area contributed by atoms with Crippen LogP contribution in [0.4, 0.5) is 0 Å². The summed E-state index contributed by atoms with van der Waals surface area (Å²) in [6, 6.07) is 16.1. The van der Waals surface area contributed by atoms with Crippen molar-refractivity contribution in [2.75, 3.05) is 13.2 Å². The van der Waals surface area contributed by atoms with Gasteiger partial charge in [0.25, 0.3) is 5.91 Å². The molecule has 0 heterocycles. The molecule has 0 spiro atoms. The van der Waals surface area contributed by atoms with Gasteiger partial charge in [-0.15, -0.1) is 0 Å². The predicted molar refractivity (Wildman–Crippen MR) is 132 cm³/mol. The van der Waals surface area contributed by atoms with Gasteiger partial charge >= 0.3 is 0 Å². The largest absolute Gasteiger partial charge is 0.483 e. The zero-order valence-electron chi connectivity index (χ0n) is 17.7. The summed E-state index contributed by atoms with van der Waals surface area (Å²) in [7, 11) is 0. The van der Waals surface area contributed by atoms with Crippen LogP contribution < -0.4 is 10.1 Å². The van der Waals surface area contributed by atoms with Crippen LogP contribution >= 0.6 is 39.1 Å². The molecular weight excluding hydrogens is 515 g/mol. The molecule has 8 heteroatoms. The molecule has 3 rings (SSSR count). The number of benzene rings is 3. The number of carbonyl (C=O) groups excluding carboxylic acids is 2. The summed E-state index contributed by atoms with van der Waals surface area (Å²) in [5.74, 6) is -0.0140. The Balaban J connectivity index is 1.80. The summed E-state index contributed by atoms with van der Waals surface area (Å²) in [5, 5.41) is 5.62. The molecule has 0 aliphatic carbocycles. The molecular formula is C24H23BrCl2N2O3. The van der Waals surface area contributed by atoms with Crippen LogP contribution in [0.15, 0.2) is 59.1 Å². The Morgan fingerprint density at radius 1 is 1.09 bits per heavy atom. The number of hydrogen-bond acceptors (Lipinski definition) is 3. The molecule has 1 N–H and O–H groups in total. The Hall–Kier alpha value is -2.28. The molecule has 2 amide bonds. The molecule has 0 bridgehead atoms. The van der Waals surface area contributed by atoms with Crippen LogP contribution in [0.25, 0.3) is 10.8 Å². The van der Waals surface area contributed by atoms with Crippen molar-refractivity contribution in [3.05, 3.63) is 74.7 Å². The SMILES string of the molecule is CCNC(=O)[C@H](C)N(Cc1ccc(Cl)c(Cl)c1)C(=O)COc1ccc2ccccc2c1Br. The van der Waals surface area contributed by atoms with E-state index in [1.807, 2.05) is 43.3 Å². The molecule has 0 radical (unpaired) electrons. The number of likely N-dealkylation sites (N-methyl/N-ethyl adjacent to an activating group) is 1. The molecule has 0 aliphatic heterocycles. The maximum Gasteiger partial charge on any atom is 0.261 e. The van der Waals surface area contributed by atoms with E-state index in [-0.39, 0.29) is 25.0 Å². The maximum atomic E-state index is 13.1. The molecule has 0 aromatic heterocycles. The van der Waals surface area contributed by atoms with E-state index in [9.17, 15) is 9.59 Å². The molecule has 3 aromatic carbocycles. The summed E-state index contributed by atoms with van der Waals surface area (Å²) in [6.07, 6.45) is 0. The topological polar surface area (TPSA) is 58.6 Å². The van der Waals surface area contributed by atoms with Crippen molar-refractivity contribution in [1.82, 2.24) is 10.2 Å². The Bertz CT molecular complexity index is 1140. The van der Waals surface area contributed by atoms with Gasteiger partial charge in [-0.25, -0.2) is 0 Å². The number of amides is 2. The lowest BCUT2D eigenvalue weighted by atomic mass is 10.1. The summed E-state index contributed by atoms with van der Waals surface area (Å²) in [6.45, 7) is 3.96. The lowest BCUT2D eigenvalue weighted by molar-refractivity contribution is -0.142. The quantitative estimate of drug-likeness (QED) is 0.392. The lowest BCUT2D eigenvalue weighted by Gasteiger charge is -2.28. The second kappa shape index (κ2) is 11.0. The van der Waals surface area contributed by atoms with Gasteiger partial charge in [-0.05, 0) is 64.3 Å². The first-order valence-corrected chi connectivity index (χ1v) is 11.7. The van der Waals surface area contributed by atoms with E-state index in [4.69, 9.17) is 27.9 Å². The zero-order valence-corrected chi connectivity index (χ0v) is 20.8. The Kier molecular flexibility index (Phi) is 8.40. The number of ether oxygens (including phenoxy) is 1. The predicted octanol–water partition coefficient (Wildman–Crippen LogP) is 5.84. The van der Waals surface area contributed by atoms with Gasteiger partial charge < -0.3 is 15.0 Å². The molecule has 0 fully saturated rings. The van der Waals surface area contributed by atoms with Crippen LogP contribution in [0.3, 0.4) is 0 Å². The first kappa shape index (κ1) is 24.4. The molecule has 0 saturated heterocycles. The number of carbonyl (C=O) groups is 2. The molecule has 5 nitrogen and oxygen atoms in total. The first-order chi connectivity index (χ1) is 15.3. The summed E-state index contributed by atoms with van der Waals surface area (Å²) in [4.78, 5) is 27.1. The number of rotatable bonds is 8. The third-order valence-electron chi connectivity index (χ3n) is 5.03. The second-order valence-corrected chi connectivity index (χ2v) is 8.84. The smallest absolute Gasteiger partial charge is 0.261 e. The highest BCUT2D eigenvalue weighted by molar-refractivity contribution is 9.10. The van der Waals surface area contributed by atoms with Crippen LogP contribution in [0.5, 0.6) is 5.75 Å². The van der Waals surface area contributed by atoms with Gasteiger partial charge in [-0.3, -0.25) is 9.59 Å². The number of hydrogen-bond donors (Lipinski definition) is 1. The van der Waals surface area contributed by atoms with Gasteiger partial charge in [0.05, 0.1) is 14.5 Å². The zero-order chi connectivity index (χ0) is 23.3. The molecule has 168 valence electrons. The fourth-order valence-corrected chi connectivity index (χ4v) is 4.22. The first-order valence-electron chi connectivity index (χ1n) is 10.1. The van der Waals surface area contributed by atoms with E-state index in [0.29, 0.717) is 22.3 Å². The van der Waals surface area contributed by atoms with Crippen molar-refractivity contribution >= 4 is 61.7 Å². The maximum absolute atomic E-state index is 13.1. The third kappa shape index (κ3) is 5.74. The summed E-state index contributed by atoms with van der Waals surface area (Å²) < 4.78 is 6.62. The fraction of sp³-hybridized carbons (Fsp3) is 0.250. The van der Waals surface area contributed by atoms with Crippen LogP contribution in [0.2, 0.25) is 10.0 Å². The van der Waals surface area contributed by atoms with Crippen molar-refractivity contribution in [3.8, 4) is 5.75 Å². The van der Waals surface area contributed by atoms with Crippen LogP contribution in [-0.4, -0.2) is 35.9 Å². The van der Waals surface area contributed by atoms with Gasteiger partial charge in [0.2, 0.25) is 5.91 Å². The summed E-state index contributed by atoms with van der Waals surface area (Å²) in [5.41, 5.74) is 0.760. The highest BCUT2D eigenvalue weighted by Gasteiger charge is 2.26. The van der Waals surface area contributed by atoms with Crippen LogP contribution in [0.1, 0.15) is 19.4 Å². The van der Waals surface area contributed by atoms with Gasteiger partial charge in [-0.1, -0.05) is 59.6 Å². The van der Waals surface area contributed by atoms with Crippen LogP contribution in [-0.2, 0) is 16.1 Å². The van der Waals surface area contributed by atoms with Gasteiger partial charge in [0.15, 0.2) is 6.61 Å². The fourth-order valence-electron chi connectivity index (χ4n) is 3.29. The monoisotopic (exact) mass is 536 g/mol. The van der Waals surface area contributed by atoms with Crippen molar-refractivity contribution in [2.45, 2.75) is 26.4 Å². The van der Waals surface area contributed by atoms with E-state index in [2.05, 4.69) is 21.2 Å². The van der Waals surface area contributed by atoms with E-state index in [0.717, 1.165) is 20.8 Å². The minimum Gasteiger partial charge on any atom is -0.483 e. The van der Waals surface area contributed by atoms with E-state index < -0.39 is 6.04 Å². The van der Waals surface area contributed by atoms with Crippen molar-refractivity contribution < 1.29 is 14.3 Å². The normalized spacial score (nSPS) is 11.8. The van der Waals surface area contributed by atoms with Gasteiger partial charge in [0.1, 0.15) is 11.8 Å². The van der Waals surface area contributed by atoms with Crippen molar-refractivity contribution in [1.29, 1.82) is 0 Å². The molecule has 32 heavy (non-hydrogen) atoms. The number of nitrogens with one attached hydrogen (secondary N) is 1. The number of halogens is 3. The summed E-state index contributed by atoms with van der Waals surface area (Å²) >= 11 is 15.7. The Morgan fingerprint density at radius 3 is 2.56 bits per heavy atom. The minimum atomic E-state index is -0.694. The highest BCUT2D eigenvalue weighted by atomic mass is 79.9.